The van der Waals surface area contributed by atoms with Crippen molar-refractivity contribution in [2.75, 3.05) is 0 Å². The number of hydrogen-bond donors (Lipinski definition) is 3. The average Bonchev–Trinajstić information content (AvgIpc) is 2.57. The monoisotopic (exact) mass is 318 g/mol. The Hall–Kier alpha value is -1.01. The van der Waals surface area contributed by atoms with Crippen LogP contribution in [-0.2, 0) is 34.9 Å². The fourth-order valence-electron chi connectivity index (χ4n) is 0.972. The van der Waals surface area contributed by atoms with Gasteiger partial charge in [-0.05, 0) is 6.42 Å². The number of nitrogens with zero attached hydrogens (tertiary/aromatic N) is 2. The third kappa shape index (κ3) is 22.6. The van der Waals surface area contributed by atoms with Gasteiger partial charge in [0.2, 0.25) is 10.4 Å². The third-order valence-corrected chi connectivity index (χ3v) is 1.67. The van der Waals surface area contributed by atoms with Crippen molar-refractivity contribution in [3.8, 4) is 0 Å². The van der Waals surface area contributed by atoms with E-state index >= 15 is 0 Å². The maximum atomic E-state index is 8.63. The minimum absolute atomic E-state index is 0. The van der Waals surface area contributed by atoms with Gasteiger partial charge in [-0.2, -0.15) is 0 Å². The van der Waals surface area contributed by atoms with E-state index in [4.69, 9.17) is 30.5 Å². The molecule has 2 N–H and O–H groups in total. The van der Waals surface area contributed by atoms with E-state index in [1.807, 2.05) is 19.4 Å². The van der Waals surface area contributed by atoms with E-state index in [1.165, 1.54) is 18.7 Å². The maximum Gasteiger partial charge on any atom is 1.00 e. The second kappa shape index (κ2) is 10.9. The fourth-order valence-corrected chi connectivity index (χ4v) is 0.972. The number of hydrogen-bond acceptors (Lipinski definition) is 6. The van der Waals surface area contributed by atoms with Crippen LogP contribution in [0.5, 0.6) is 0 Å². The summed E-state index contributed by atoms with van der Waals surface area (Å²) < 4.78 is 59.1. The molecule has 11 heteroatoms. The number of aromatic nitrogens is 2. The molecule has 0 aliphatic heterocycles. The van der Waals surface area contributed by atoms with E-state index in [2.05, 4.69) is 16.5 Å². The lowest BCUT2D eigenvalue weighted by Crippen LogP contribution is -1.96. The van der Waals surface area contributed by atoms with Gasteiger partial charge in [-0.1, -0.05) is 13.3 Å². The highest BCUT2D eigenvalue weighted by Crippen LogP contribution is 2.00. The minimum Gasteiger partial charge on any atom is -0.726 e. The van der Waals surface area contributed by atoms with Crippen LogP contribution < -0.4 is 0 Å². The Morgan fingerprint density at radius 1 is 1.53 bits per heavy atom. The number of rotatable bonds is 3. The molecule has 0 aromatic carbocycles. The van der Waals surface area contributed by atoms with Gasteiger partial charge in [-0.25, -0.2) is 21.8 Å². The van der Waals surface area contributed by atoms with Gasteiger partial charge in [-0.3, -0.25) is 9.11 Å². The zero-order valence-electron chi connectivity index (χ0n) is 11.5. The van der Waals surface area contributed by atoms with Crippen molar-refractivity contribution < 1.29 is 31.9 Å². The normalized spacial score (nSPS) is 10.2. The van der Waals surface area contributed by atoms with Crippen LogP contribution in [0.4, 0.5) is 0 Å². The van der Waals surface area contributed by atoms with Gasteiger partial charge in [-0.15, -0.1) is 0 Å². The van der Waals surface area contributed by atoms with Crippen molar-refractivity contribution >= 4 is 21.4 Å². The predicted molar refractivity (Wildman–Crippen MR) is 68.2 cm³/mol. The second-order valence-corrected chi connectivity index (χ2v) is 4.55. The highest BCUT2D eigenvalue weighted by atomic mass is 32.3. The first-order valence-corrected chi connectivity index (χ1v) is 7.55. The lowest BCUT2D eigenvalue weighted by atomic mass is 10.2. The predicted octanol–water partition coefficient (Wildman–Crippen LogP) is -0.0494. The summed E-state index contributed by atoms with van der Waals surface area (Å²) >= 11 is 0. The molecule has 0 radical (unpaired) electrons. The largest absolute Gasteiger partial charge is 1.00 e. The van der Waals surface area contributed by atoms with Crippen molar-refractivity contribution in [3.63, 3.8) is 0 Å². The Bertz CT molecular complexity index is 497. The Balaban J connectivity index is -0.000000247. The Kier molecular flexibility index (Phi) is 11.6. The van der Waals surface area contributed by atoms with Crippen molar-refractivity contribution in [3.05, 3.63) is 18.2 Å². The summed E-state index contributed by atoms with van der Waals surface area (Å²) in [4.78, 5) is 4.22. The molecule has 1 aromatic heterocycles. The highest BCUT2D eigenvalue weighted by molar-refractivity contribution is 7.79. The summed E-state index contributed by atoms with van der Waals surface area (Å²) in [7, 11) is -6.00. The molecule has 1 aromatic rings. The number of thiol groups is 1. The van der Waals surface area contributed by atoms with E-state index in [1.54, 1.807) is 0 Å². The summed E-state index contributed by atoms with van der Waals surface area (Å²) in [6, 6.07) is 0. The zero-order valence-corrected chi connectivity index (χ0v) is 12.2. The molecule has 19 heavy (non-hydrogen) atoms. The zero-order chi connectivity index (χ0) is 15.5. The van der Waals surface area contributed by atoms with E-state index in [0.717, 1.165) is 6.42 Å². The van der Waals surface area contributed by atoms with Crippen LogP contribution in [0.25, 0.3) is 0 Å². The lowest BCUT2D eigenvalue weighted by molar-refractivity contribution is 0.366. The van der Waals surface area contributed by atoms with Crippen LogP contribution in [0, 0.1) is 0 Å². The summed E-state index contributed by atoms with van der Waals surface area (Å²) in [5.74, 6) is 1.20. The van der Waals surface area contributed by atoms with Gasteiger partial charge < -0.3 is 9.12 Å². The highest BCUT2D eigenvalue weighted by Gasteiger charge is 1.95. The molecular weight excluding hydrogens is 300 g/mol. The summed E-state index contributed by atoms with van der Waals surface area (Å²) in [6.45, 7) is 2.20. The molecule has 0 aliphatic carbocycles. The van der Waals surface area contributed by atoms with E-state index in [-0.39, 0.29) is 1.43 Å². The second-order valence-electron chi connectivity index (χ2n) is 3.22. The molecule has 0 unspecified atom stereocenters. The van der Waals surface area contributed by atoms with Crippen LogP contribution in [0.2, 0.25) is 0 Å². The van der Waals surface area contributed by atoms with E-state index in [9.17, 15) is 0 Å². The van der Waals surface area contributed by atoms with E-state index < -0.39 is 21.4 Å². The van der Waals surface area contributed by atoms with Crippen LogP contribution >= 0.6 is 0 Å². The lowest BCUT2D eigenvalue weighted by Gasteiger charge is -1.97. The molecule has 0 fully saturated rings. The number of imidazole rings is 1. The van der Waals surface area contributed by atoms with Gasteiger partial charge in [0, 0.05) is 25.9 Å². The quantitative estimate of drug-likeness (QED) is 0.399. The first-order chi connectivity index (χ1) is 8.57. The molecule has 114 valence electrons. The molecule has 0 spiro atoms. The molecule has 1 rings (SSSR count). The Labute approximate surface area is 115 Å². The Morgan fingerprint density at radius 3 is 2.21 bits per heavy atom. The maximum absolute atomic E-state index is 8.63. The number of aryl methyl sites for hydroxylation is 2. The topological polar surface area (TPSA) is 150 Å². The molecule has 0 bridgehead atoms. The van der Waals surface area contributed by atoms with Crippen LogP contribution in [0.15, 0.2) is 12.4 Å². The molecule has 0 saturated carbocycles. The molecule has 0 amide bonds. The van der Waals surface area contributed by atoms with Gasteiger partial charge in [0.25, 0.3) is 11.0 Å². The van der Waals surface area contributed by atoms with Crippen molar-refractivity contribution in [2.24, 2.45) is 7.05 Å². The first-order valence-electron chi connectivity index (χ1n) is 5.05. The van der Waals surface area contributed by atoms with Crippen molar-refractivity contribution in [2.45, 2.75) is 26.2 Å². The van der Waals surface area contributed by atoms with Gasteiger partial charge in [0.1, 0.15) is 5.82 Å². The first kappa shape index (κ1) is 20.3. The molecule has 0 atom stereocenters. The van der Waals surface area contributed by atoms with Crippen molar-refractivity contribution in [1.82, 2.24) is 9.55 Å². The standard InChI is InChI=1S/C8H14N2.H2O4S.H2O3S/c1-3-4-5-8-9-6-7-10(8)2;1-5(2,3)4;1-4(2)3/h6-7H,3-5H2,1-2H3;(H2,1,2,3,4);4H,(H,1,2,3). The summed E-state index contributed by atoms with van der Waals surface area (Å²) in [5.41, 5.74) is 0. The number of unbranched alkanes of at least 4 members (excludes halogenated alkanes) is 1. The van der Waals surface area contributed by atoms with Crippen molar-refractivity contribution in [1.29, 1.82) is 0 Å². The molecule has 9 nitrogen and oxygen atoms in total. The van der Waals surface area contributed by atoms with Crippen LogP contribution in [-0.4, -0.2) is 40.0 Å². The fraction of sp³-hybridized carbons (Fsp3) is 0.625. The summed E-state index contributed by atoms with van der Waals surface area (Å²) in [5, 5.41) is 0. The van der Waals surface area contributed by atoms with Gasteiger partial charge >= 0.3 is 1.43 Å². The van der Waals surface area contributed by atoms with Crippen LogP contribution in [0.1, 0.15) is 27.0 Å². The molecule has 1 heterocycles. The Morgan fingerprint density at radius 2 is 1.95 bits per heavy atom. The molecular formula is C8H18N2O7S2. The molecule has 0 saturated heterocycles. The smallest absolute Gasteiger partial charge is 0.726 e. The summed E-state index contributed by atoms with van der Waals surface area (Å²) in [6.07, 6.45) is 7.44. The van der Waals surface area contributed by atoms with E-state index in [0.29, 0.717) is 0 Å². The molecule has 0 aliphatic rings. The van der Waals surface area contributed by atoms with Crippen LogP contribution in [0.3, 0.4) is 0 Å². The minimum atomic E-state index is -4.92. The van der Waals surface area contributed by atoms with Gasteiger partial charge in [0.15, 0.2) is 0 Å². The van der Waals surface area contributed by atoms with Gasteiger partial charge in [0.05, 0.1) is 0 Å². The average molecular weight is 318 g/mol. The SMILES string of the molecule is CCCCc1nccn1C.O=S(=O)([O-])O.O=[SH](=O)O.[H+]. The third-order valence-electron chi connectivity index (χ3n) is 1.67.